The highest BCUT2D eigenvalue weighted by molar-refractivity contribution is 7.80. The molecule has 0 unspecified atom stereocenters. The van der Waals surface area contributed by atoms with Crippen LogP contribution in [0.1, 0.15) is 32.1 Å². The number of thiol groups is 1. The normalized spacial score (nSPS) is 12.6. The van der Waals surface area contributed by atoms with Gasteiger partial charge >= 0.3 is 47.8 Å². The number of carboxylic acid groups (broad SMARTS) is 8. The van der Waals surface area contributed by atoms with E-state index in [0.717, 1.165) is 0 Å². The topological polar surface area (TPSA) is 490 Å². The smallest absolute Gasteiger partial charge is 0.321 e. The lowest BCUT2D eigenvalue weighted by atomic mass is 10.2. The number of guanidine groups is 1. The maximum absolute atomic E-state index is 10.2. The van der Waals surface area contributed by atoms with Crippen LogP contribution in [0.2, 0.25) is 0 Å². The molecule has 0 aliphatic carbocycles. The molecule has 268 valence electrons. The van der Waals surface area contributed by atoms with Crippen LogP contribution in [-0.2, 0) is 38.4 Å². The van der Waals surface area contributed by atoms with Crippen molar-refractivity contribution in [2.24, 2.45) is 34.4 Å². The van der Waals surface area contributed by atoms with E-state index in [1.807, 2.05) is 0 Å². The number of nitrogens with two attached hydrogens (primary N) is 6. The van der Waals surface area contributed by atoms with Gasteiger partial charge in [-0.2, -0.15) is 12.6 Å². The molecule has 0 saturated carbocycles. The zero-order chi connectivity index (χ0) is 37.7. The number of nitrogens with one attached hydrogen (secondary N) is 2. The van der Waals surface area contributed by atoms with Crippen LogP contribution in [-0.4, -0.2) is 137 Å². The molecule has 5 atom stereocenters. The molecule has 0 aromatic rings. The zero-order valence-corrected chi connectivity index (χ0v) is 25.0. The van der Waals surface area contributed by atoms with E-state index in [1.54, 1.807) is 0 Å². The van der Waals surface area contributed by atoms with E-state index in [0.29, 0.717) is 19.4 Å². The van der Waals surface area contributed by atoms with E-state index in [1.165, 1.54) is 0 Å². The van der Waals surface area contributed by atoms with Crippen LogP contribution in [0.4, 0.5) is 0 Å². The van der Waals surface area contributed by atoms with Crippen LogP contribution >= 0.6 is 12.6 Å². The van der Waals surface area contributed by atoms with Crippen molar-refractivity contribution in [2.75, 3.05) is 12.3 Å². The molecule has 0 fully saturated rings. The number of aliphatic carboxylic acids is 8. The summed E-state index contributed by atoms with van der Waals surface area (Å²) in [5, 5.41) is 73.8. The maximum atomic E-state index is 10.2. The minimum atomic E-state index is -1.29. The van der Waals surface area contributed by atoms with Crippen LogP contribution in [0.15, 0.2) is 0 Å². The highest BCUT2D eigenvalue weighted by Crippen LogP contribution is 1.92. The zero-order valence-electron chi connectivity index (χ0n) is 24.1. The van der Waals surface area contributed by atoms with Gasteiger partial charge in [0.15, 0.2) is 5.96 Å². The Morgan fingerprint density at radius 3 is 0.935 bits per heavy atom. The fourth-order valence-electron chi connectivity index (χ4n) is 1.57. The summed E-state index contributed by atoms with van der Waals surface area (Å²) in [5.41, 5.74) is 29.7. The van der Waals surface area contributed by atoms with Crippen molar-refractivity contribution < 1.29 is 79.2 Å². The van der Waals surface area contributed by atoms with Gasteiger partial charge in [-0.15, -0.1) is 0 Å². The van der Waals surface area contributed by atoms with Crippen molar-refractivity contribution in [1.82, 2.24) is 5.32 Å². The van der Waals surface area contributed by atoms with Gasteiger partial charge in [-0.1, -0.05) is 0 Å². The largest absolute Gasteiger partial charge is 0.481 e. The molecule has 0 aliphatic heterocycles. The van der Waals surface area contributed by atoms with E-state index >= 15 is 0 Å². The fraction of sp³-hybridized carbons (Fsp3) is 0.571. The van der Waals surface area contributed by atoms with Crippen LogP contribution in [0.5, 0.6) is 0 Å². The number of hydrogen-bond acceptors (Lipinski definition) is 15. The molecule has 0 spiro atoms. The highest BCUT2D eigenvalue weighted by atomic mass is 32.1. The first-order valence-corrected chi connectivity index (χ1v) is 12.7. The van der Waals surface area contributed by atoms with Gasteiger partial charge in [-0.25, -0.2) is 0 Å². The van der Waals surface area contributed by atoms with Gasteiger partial charge in [0.1, 0.15) is 30.2 Å². The lowest BCUT2D eigenvalue weighted by Crippen LogP contribution is -2.34. The van der Waals surface area contributed by atoms with Gasteiger partial charge in [0, 0.05) is 12.3 Å². The molecule has 0 radical (unpaired) electrons. The minimum absolute atomic E-state index is 0.112. The fourth-order valence-corrected chi connectivity index (χ4v) is 1.73. The first-order valence-electron chi connectivity index (χ1n) is 12.1. The van der Waals surface area contributed by atoms with Crippen molar-refractivity contribution >= 4 is 66.3 Å². The molecule has 0 saturated heterocycles. The second kappa shape index (κ2) is 30.2. The highest BCUT2D eigenvalue weighted by Gasteiger charge is 2.16. The van der Waals surface area contributed by atoms with Gasteiger partial charge in [0.05, 0.1) is 19.3 Å². The molecule has 24 nitrogen and oxygen atoms in total. The third-order valence-electron chi connectivity index (χ3n) is 3.97. The molecule has 25 heteroatoms. The predicted octanol–water partition coefficient (Wildman–Crippen LogP) is -5.39. The first kappa shape index (κ1) is 50.8. The molecule has 0 rings (SSSR count). The van der Waals surface area contributed by atoms with Crippen molar-refractivity contribution in [3.05, 3.63) is 0 Å². The summed E-state index contributed by atoms with van der Waals surface area (Å²) in [6.07, 6.45) is -0.622. The summed E-state index contributed by atoms with van der Waals surface area (Å²) in [4.78, 5) is 78.8. The number of rotatable bonds is 16. The van der Waals surface area contributed by atoms with Crippen molar-refractivity contribution in [2.45, 2.75) is 62.3 Å². The Kier molecular flexibility index (Phi) is 33.4. The molecule has 46 heavy (non-hydrogen) atoms. The summed E-state index contributed by atoms with van der Waals surface area (Å²) < 4.78 is 0. The van der Waals surface area contributed by atoms with Gasteiger partial charge in [0.2, 0.25) is 0 Å². The van der Waals surface area contributed by atoms with E-state index in [9.17, 15) is 38.4 Å². The molecule has 22 N–H and O–H groups in total. The minimum Gasteiger partial charge on any atom is -0.481 e. The average Bonchev–Trinajstić information content (AvgIpc) is 2.90. The van der Waals surface area contributed by atoms with Gasteiger partial charge in [0.25, 0.3) is 0 Å². The Bertz CT molecular complexity index is 927. The van der Waals surface area contributed by atoms with Crippen LogP contribution < -0.4 is 39.7 Å². The Labute approximate surface area is 265 Å². The summed E-state index contributed by atoms with van der Waals surface area (Å²) in [7, 11) is 0. The number of carbonyl (C=O) groups is 8. The maximum Gasteiger partial charge on any atom is 0.321 e. The Morgan fingerprint density at radius 2 is 0.804 bits per heavy atom. The van der Waals surface area contributed by atoms with Crippen molar-refractivity contribution in [1.29, 1.82) is 5.41 Å². The average molecular weight is 695 g/mol. The van der Waals surface area contributed by atoms with Crippen LogP contribution in [0.25, 0.3) is 0 Å². The second-order valence-corrected chi connectivity index (χ2v) is 8.55. The lowest BCUT2D eigenvalue weighted by Gasteiger charge is -2.06. The molecular formula is C21H42N8O16S. The van der Waals surface area contributed by atoms with E-state index in [2.05, 4.69) is 17.9 Å². The molecule has 0 bridgehead atoms. The summed E-state index contributed by atoms with van der Waals surface area (Å²) in [6.45, 7) is 0.482. The molecule has 0 aromatic heterocycles. The van der Waals surface area contributed by atoms with Gasteiger partial charge in [-0.05, 0) is 12.8 Å². The third-order valence-corrected chi connectivity index (χ3v) is 4.37. The van der Waals surface area contributed by atoms with Gasteiger partial charge < -0.3 is 80.6 Å². The number of hydrogen-bond donors (Lipinski definition) is 17. The molecule has 0 aromatic carbocycles. The van der Waals surface area contributed by atoms with Crippen LogP contribution in [0.3, 0.4) is 0 Å². The third kappa shape index (κ3) is 43.6. The molecular weight excluding hydrogens is 652 g/mol. The molecule has 0 aliphatic rings. The quantitative estimate of drug-likeness (QED) is 0.0310. The van der Waals surface area contributed by atoms with Crippen LogP contribution in [0, 0.1) is 5.41 Å². The predicted molar refractivity (Wildman–Crippen MR) is 158 cm³/mol. The number of carboxylic acids is 8. The van der Waals surface area contributed by atoms with E-state index in [4.69, 9.17) is 80.7 Å². The Balaban J connectivity index is -0.000000154. The summed E-state index contributed by atoms with van der Waals surface area (Å²) in [5.74, 6) is -9.42. The lowest BCUT2D eigenvalue weighted by molar-refractivity contribution is -0.144. The van der Waals surface area contributed by atoms with E-state index in [-0.39, 0.29) is 11.7 Å². The molecule has 0 heterocycles. The molecule has 0 amide bonds. The Hall–Kier alpha value is -4.82. The Morgan fingerprint density at radius 1 is 0.543 bits per heavy atom. The second-order valence-electron chi connectivity index (χ2n) is 8.18. The first-order chi connectivity index (χ1) is 20.8. The van der Waals surface area contributed by atoms with E-state index < -0.39 is 97.2 Å². The van der Waals surface area contributed by atoms with Crippen molar-refractivity contribution in [3.63, 3.8) is 0 Å². The van der Waals surface area contributed by atoms with Gasteiger partial charge in [-0.3, -0.25) is 43.8 Å². The van der Waals surface area contributed by atoms with Crippen molar-refractivity contribution in [3.8, 4) is 0 Å². The summed E-state index contributed by atoms with van der Waals surface area (Å²) in [6, 6.07) is -5.51. The monoisotopic (exact) mass is 694 g/mol. The standard InChI is InChI=1S/C6H14N4O2.3C4H7NO4.C3H7NO2S/c7-4(5(11)12)2-1-3-10-6(8)9;3*5-2(4(8)9)1-3(6)7;4-2(1-7)3(5)6/h4H,1-3,7H2,(H,11,12)(H4,8,9,10);3*2H,1,5H2,(H,6,7)(H,8,9);2,7H,1,4H2,(H,5,6)/t4-;4*2-/m00000/s1. The summed E-state index contributed by atoms with van der Waals surface area (Å²) >= 11 is 3.65. The SMILES string of the molecule is N=C(N)NCCC[C@H](N)C(=O)O.N[C@@H](CC(=O)O)C(=O)O.N[C@@H](CC(=O)O)C(=O)O.N[C@@H](CC(=O)O)C(=O)O.N[C@@H](CS)C(=O)O.